The molecule has 0 aliphatic rings. The molecule has 4 N–H and O–H groups in total. The predicted molar refractivity (Wildman–Crippen MR) is 45.1 cm³/mol. The predicted octanol–water partition coefficient (Wildman–Crippen LogP) is 1.49. The number of allylic oxidation sites excluding steroid dienone is 3. The standard InChI is InChI=1S/C8H16N2/c1-4-7(9)8(10)5-6(2)3/h5H,4,9-10H2,1-3H3/b8-7-. The number of hydrogen-bond donors (Lipinski definition) is 2. The lowest BCUT2D eigenvalue weighted by Gasteiger charge is -1.99. The van der Waals surface area contributed by atoms with Crippen molar-refractivity contribution in [2.24, 2.45) is 11.5 Å². The first kappa shape index (κ1) is 9.08. The van der Waals surface area contributed by atoms with Crippen LogP contribution in [0.5, 0.6) is 0 Å². The van der Waals surface area contributed by atoms with E-state index in [0.717, 1.165) is 12.1 Å². The summed E-state index contributed by atoms with van der Waals surface area (Å²) in [5, 5.41) is 0. The fraction of sp³-hybridized carbons (Fsp3) is 0.500. The molecule has 0 radical (unpaired) electrons. The maximum Gasteiger partial charge on any atom is 0.0504 e. The van der Waals surface area contributed by atoms with Crippen LogP contribution in [-0.2, 0) is 0 Å². The molecule has 58 valence electrons. The Kier molecular flexibility index (Phi) is 3.62. The van der Waals surface area contributed by atoms with E-state index < -0.39 is 0 Å². The molecule has 2 heteroatoms. The van der Waals surface area contributed by atoms with Gasteiger partial charge >= 0.3 is 0 Å². The van der Waals surface area contributed by atoms with E-state index in [1.807, 2.05) is 26.8 Å². The van der Waals surface area contributed by atoms with Crippen LogP contribution in [0.4, 0.5) is 0 Å². The monoisotopic (exact) mass is 140 g/mol. The topological polar surface area (TPSA) is 52.0 Å². The molecule has 0 aromatic carbocycles. The van der Waals surface area contributed by atoms with Crippen molar-refractivity contribution < 1.29 is 0 Å². The number of rotatable bonds is 2. The average molecular weight is 140 g/mol. The summed E-state index contributed by atoms with van der Waals surface area (Å²) in [6.07, 6.45) is 2.70. The molecule has 0 saturated carbocycles. The van der Waals surface area contributed by atoms with Crippen LogP contribution in [0.15, 0.2) is 23.0 Å². The minimum Gasteiger partial charge on any atom is -0.400 e. The van der Waals surface area contributed by atoms with Gasteiger partial charge in [-0.15, -0.1) is 0 Å². The fourth-order valence-electron chi connectivity index (χ4n) is 0.608. The molecule has 0 aromatic heterocycles. The van der Waals surface area contributed by atoms with Gasteiger partial charge < -0.3 is 11.5 Å². The van der Waals surface area contributed by atoms with Crippen LogP contribution in [-0.4, -0.2) is 0 Å². The highest BCUT2D eigenvalue weighted by Gasteiger charge is 1.90. The first-order chi connectivity index (χ1) is 4.57. The molecule has 0 spiro atoms. The summed E-state index contributed by atoms with van der Waals surface area (Å²) in [4.78, 5) is 0. The van der Waals surface area contributed by atoms with Gasteiger partial charge in [0.2, 0.25) is 0 Å². The fourth-order valence-corrected chi connectivity index (χ4v) is 0.608. The van der Waals surface area contributed by atoms with Gasteiger partial charge in [-0.25, -0.2) is 0 Å². The van der Waals surface area contributed by atoms with E-state index >= 15 is 0 Å². The Hall–Kier alpha value is -0.920. The van der Waals surface area contributed by atoms with Crippen molar-refractivity contribution in [3.05, 3.63) is 23.0 Å². The summed E-state index contributed by atoms with van der Waals surface area (Å²) in [5.74, 6) is 0. The minimum atomic E-state index is 0.697. The zero-order chi connectivity index (χ0) is 8.15. The molecule has 0 aromatic rings. The Balaban J connectivity index is 4.33. The van der Waals surface area contributed by atoms with Crippen LogP contribution in [0, 0.1) is 0 Å². The highest BCUT2D eigenvalue weighted by Crippen LogP contribution is 2.00. The Morgan fingerprint density at radius 1 is 1.30 bits per heavy atom. The van der Waals surface area contributed by atoms with Gasteiger partial charge in [-0.2, -0.15) is 0 Å². The van der Waals surface area contributed by atoms with Gasteiger partial charge in [0, 0.05) is 5.70 Å². The van der Waals surface area contributed by atoms with E-state index in [1.54, 1.807) is 0 Å². The summed E-state index contributed by atoms with van der Waals surface area (Å²) in [5.41, 5.74) is 13.8. The second-order valence-corrected chi connectivity index (χ2v) is 2.56. The van der Waals surface area contributed by atoms with Crippen LogP contribution < -0.4 is 11.5 Å². The molecular formula is C8H16N2. The molecule has 0 bridgehead atoms. The zero-order valence-corrected chi connectivity index (χ0v) is 6.94. The second-order valence-electron chi connectivity index (χ2n) is 2.56. The van der Waals surface area contributed by atoms with E-state index in [2.05, 4.69) is 0 Å². The number of nitrogens with two attached hydrogens (primary N) is 2. The quantitative estimate of drug-likeness (QED) is 0.571. The molecule has 0 fully saturated rings. The zero-order valence-electron chi connectivity index (χ0n) is 6.94. The summed E-state index contributed by atoms with van der Waals surface area (Å²) >= 11 is 0. The lowest BCUT2D eigenvalue weighted by molar-refractivity contribution is 1.03. The summed E-state index contributed by atoms with van der Waals surface area (Å²) in [6, 6.07) is 0. The largest absolute Gasteiger partial charge is 0.400 e. The van der Waals surface area contributed by atoms with Crippen LogP contribution in [0.1, 0.15) is 27.2 Å². The van der Waals surface area contributed by atoms with Crippen molar-refractivity contribution in [1.29, 1.82) is 0 Å². The normalized spacial score (nSPS) is 12.3. The van der Waals surface area contributed by atoms with Gasteiger partial charge in [-0.3, -0.25) is 0 Å². The van der Waals surface area contributed by atoms with Crippen LogP contribution >= 0.6 is 0 Å². The molecule has 0 aliphatic heterocycles. The Bertz CT molecular complexity index is 162. The third-order valence-corrected chi connectivity index (χ3v) is 1.20. The summed E-state index contributed by atoms with van der Waals surface area (Å²) in [6.45, 7) is 5.98. The molecule has 0 unspecified atom stereocenters. The molecule has 10 heavy (non-hydrogen) atoms. The van der Waals surface area contributed by atoms with E-state index in [4.69, 9.17) is 11.5 Å². The van der Waals surface area contributed by atoms with Crippen molar-refractivity contribution in [3.63, 3.8) is 0 Å². The maximum atomic E-state index is 5.61. The van der Waals surface area contributed by atoms with Crippen molar-refractivity contribution in [2.75, 3.05) is 0 Å². The third-order valence-electron chi connectivity index (χ3n) is 1.20. The number of hydrogen-bond acceptors (Lipinski definition) is 2. The average Bonchev–Trinajstić information content (AvgIpc) is 1.85. The van der Waals surface area contributed by atoms with Gasteiger partial charge in [0.25, 0.3) is 0 Å². The van der Waals surface area contributed by atoms with Gasteiger partial charge in [0.15, 0.2) is 0 Å². The van der Waals surface area contributed by atoms with Crippen LogP contribution in [0.2, 0.25) is 0 Å². The Labute approximate surface area is 62.6 Å². The van der Waals surface area contributed by atoms with E-state index in [0.29, 0.717) is 5.70 Å². The molecule has 0 heterocycles. The lowest BCUT2D eigenvalue weighted by atomic mass is 10.2. The maximum absolute atomic E-state index is 5.61. The molecule has 2 nitrogen and oxygen atoms in total. The van der Waals surface area contributed by atoms with Gasteiger partial charge in [-0.05, 0) is 26.3 Å². The van der Waals surface area contributed by atoms with Crippen molar-refractivity contribution in [1.82, 2.24) is 0 Å². The molecule has 0 aliphatic carbocycles. The van der Waals surface area contributed by atoms with E-state index in [1.165, 1.54) is 5.57 Å². The summed E-state index contributed by atoms with van der Waals surface area (Å²) in [7, 11) is 0. The highest BCUT2D eigenvalue weighted by molar-refractivity contribution is 5.22. The first-order valence-corrected chi connectivity index (χ1v) is 3.47. The summed E-state index contributed by atoms with van der Waals surface area (Å²) < 4.78 is 0. The molecule has 0 atom stereocenters. The minimum absolute atomic E-state index is 0.697. The van der Waals surface area contributed by atoms with Crippen LogP contribution in [0.3, 0.4) is 0 Å². The van der Waals surface area contributed by atoms with E-state index in [9.17, 15) is 0 Å². The highest BCUT2D eigenvalue weighted by atomic mass is 14.7. The third kappa shape index (κ3) is 3.17. The van der Waals surface area contributed by atoms with Crippen molar-refractivity contribution in [2.45, 2.75) is 27.2 Å². The van der Waals surface area contributed by atoms with Crippen molar-refractivity contribution >= 4 is 0 Å². The van der Waals surface area contributed by atoms with E-state index in [-0.39, 0.29) is 0 Å². The molecule has 0 rings (SSSR count). The Morgan fingerprint density at radius 3 is 2.10 bits per heavy atom. The first-order valence-electron chi connectivity index (χ1n) is 3.47. The SMILES string of the molecule is CC/C(N)=C(/N)C=C(C)C. The van der Waals surface area contributed by atoms with Gasteiger partial charge in [-0.1, -0.05) is 12.5 Å². The molecule has 0 amide bonds. The lowest BCUT2D eigenvalue weighted by Crippen LogP contribution is -2.06. The van der Waals surface area contributed by atoms with Gasteiger partial charge in [0.05, 0.1) is 5.70 Å². The van der Waals surface area contributed by atoms with Crippen molar-refractivity contribution in [3.8, 4) is 0 Å². The van der Waals surface area contributed by atoms with Gasteiger partial charge in [0.1, 0.15) is 0 Å². The Morgan fingerprint density at radius 2 is 1.80 bits per heavy atom. The molecular weight excluding hydrogens is 124 g/mol. The molecule has 0 saturated heterocycles. The smallest absolute Gasteiger partial charge is 0.0504 e. The second kappa shape index (κ2) is 3.99. The van der Waals surface area contributed by atoms with Crippen LogP contribution in [0.25, 0.3) is 0 Å².